The maximum absolute atomic E-state index is 12.0. The monoisotopic (exact) mass is 240 g/mol. The molecule has 0 aliphatic heterocycles. The molecule has 0 radical (unpaired) electrons. The van der Waals surface area contributed by atoms with Crippen molar-refractivity contribution >= 4 is 14.4 Å². The van der Waals surface area contributed by atoms with E-state index in [-0.39, 0.29) is 0 Å². The highest BCUT2D eigenvalue weighted by Gasteiger charge is 2.22. The van der Waals surface area contributed by atoms with Gasteiger partial charge in [0.2, 0.25) is 0 Å². The molecule has 2 fully saturated rings. The lowest BCUT2D eigenvalue weighted by atomic mass is 9.87. The first-order valence-electron chi connectivity index (χ1n) is 7.12. The van der Waals surface area contributed by atoms with Crippen molar-refractivity contribution in [3.05, 3.63) is 0 Å². The summed E-state index contributed by atoms with van der Waals surface area (Å²) in [6.07, 6.45) is 14.3. The lowest BCUT2D eigenvalue weighted by Crippen LogP contribution is -2.20. The zero-order chi connectivity index (χ0) is 11.2. The Labute approximate surface area is 102 Å². The van der Waals surface area contributed by atoms with Gasteiger partial charge in [0, 0.05) is 12.1 Å². The van der Waals surface area contributed by atoms with E-state index in [4.69, 9.17) is 0 Å². The number of hydrogen-bond acceptors (Lipinski definition) is 1. The van der Waals surface area contributed by atoms with Gasteiger partial charge in [-0.15, -0.1) is 8.58 Å². The fraction of sp³-hybridized carbons (Fsp3) is 0.929. The van der Waals surface area contributed by atoms with Crippen LogP contribution < -0.4 is 0 Å². The van der Waals surface area contributed by atoms with Crippen LogP contribution in [0, 0.1) is 5.92 Å². The van der Waals surface area contributed by atoms with Crippen molar-refractivity contribution in [1.82, 2.24) is 0 Å². The predicted molar refractivity (Wildman–Crippen MR) is 71.6 cm³/mol. The van der Waals surface area contributed by atoms with E-state index in [1.54, 1.807) is 0 Å². The van der Waals surface area contributed by atoms with Gasteiger partial charge in [0.15, 0.2) is 0 Å². The van der Waals surface area contributed by atoms with Gasteiger partial charge in [-0.25, -0.2) is 0 Å². The average Bonchev–Trinajstić information content (AvgIpc) is 2.38. The Balaban J connectivity index is 1.65. The van der Waals surface area contributed by atoms with E-state index < -0.39 is 0 Å². The summed E-state index contributed by atoms with van der Waals surface area (Å²) in [4.78, 5) is 12.0. The highest BCUT2D eigenvalue weighted by atomic mass is 31.1. The molecule has 1 unspecified atom stereocenters. The number of hydrogen-bond donors (Lipinski definition) is 0. The van der Waals surface area contributed by atoms with E-state index in [0.717, 1.165) is 20.4 Å². The third-order valence-electron chi connectivity index (χ3n) is 4.23. The van der Waals surface area contributed by atoms with Crippen molar-refractivity contribution in [2.75, 3.05) is 6.16 Å². The summed E-state index contributed by atoms with van der Waals surface area (Å²) >= 11 is 0. The molecular formula is C14H25OP. The minimum Gasteiger partial charge on any atom is -0.299 e. The third kappa shape index (κ3) is 3.84. The van der Waals surface area contributed by atoms with Crippen molar-refractivity contribution in [1.29, 1.82) is 0 Å². The van der Waals surface area contributed by atoms with Crippen molar-refractivity contribution in [3.8, 4) is 0 Å². The van der Waals surface area contributed by atoms with Crippen LogP contribution in [0.4, 0.5) is 0 Å². The van der Waals surface area contributed by atoms with E-state index >= 15 is 0 Å². The van der Waals surface area contributed by atoms with Gasteiger partial charge < -0.3 is 0 Å². The lowest BCUT2D eigenvalue weighted by Gasteiger charge is -2.24. The van der Waals surface area contributed by atoms with Crippen LogP contribution in [0.2, 0.25) is 0 Å². The molecule has 0 aromatic carbocycles. The van der Waals surface area contributed by atoms with Gasteiger partial charge in [-0.1, -0.05) is 38.5 Å². The molecule has 0 spiro atoms. The topological polar surface area (TPSA) is 17.1 Å². The summed E-state index contributed by atoms with van der Waals surface area (Å²) in [5.41, 5.74) is 0.904. The zero-order valence-corrected chi connectivity index (χ0v) is 11.3. The maximum atomic E-state index is 12.0. The Morgan fingerprint density at radius 2 is 1.44 bits per heavy atom. The molecule has 0 aromatic rings. The first kappa shape index (κ1) is 12.6. The van der Waals surface area contributed by atoms with Crippen LogP contribution in [0.1, 0.15) is 64.2 Å². The first-order valence-corrected chi connectivity index (χ1v) is 8.41. The fourth-order valence-corrected chi connectivity index (χ4v) is 4.72. The van der Waals surface area contributed by atoms with Crippen LogP contribution in [0.5, 0.6) is 0 Å². The zero-order valence-electron chi connectivity index (χ0n) is 10.3. The first-order chi connectivity index (χ1) is 7.86. The van der Waals surface area contributed by atoms with Gasteiger partial charge in [0.25, 0.3) is 0 Å². The summed E-state index contributed by atoms with van der Waals surface area (Å²) < 4.78 is 0. The molecule has 1 atom stereocenters. The predicted octanol–water partition coefficient (Wildman–Crippen LogP) is 4.15. The summed E-state index contributed by atoms with van der Waals surface area (Å²) in [5, 5.41) is 0. The summed E-state index contributed by atoms with van der Waals surface area (Å²) in [5.74, 6) is 1.05. The smallest absolute Gasteiger partial charge is 0.139 e. The molecule has 2 heteroatoms. The average molecular weight is 240 g/mol. The summed E-state index contributed by atoms with van der Waals surface area (Å²) in [7, 11) is 0.937. The minimum absolute atomic E-state index is 0.449. The highest BCUT2D eigenvalue weighted by molar-refractivity contribution is 7.40. The second-order valence-corrected chi connectivity index (χ2v) is 7.10. The van der Waals surface area contributed by atoms with Gasteiger partial charge in [0.1, 0.15) is 5.78 Å². The van der Waals surface area contributed by atoms with Gasteiger partial charge in [-0.2, -0.15) is 0 Å². The molecule has 0 N–H and O–H groups in total. The molecule has 1 nitrogen and oxygen atoms in total. The summed E-state index contributed by atoms with van der Waals surface area (Å²) in [6, 6.07) is 0. The molecule has 2 saturated carbocycles. The molecule has 2 rings (SSSR count). The Morgan fingerprint density at radius 1 is 0.875 bits per heavy atom. The Morgan fingerprint density at radius 3 is 2.06 bits per heavy atom. The van der Waals surface area contributed by atoms with E-state index in [2.05, 4.69) is 0 Å². The molecule has 0 amide bonds. The maximum Gasteiger partial charge on any atom is 0.139 e. The second-order valence-electron chi connectivity index (χ2n) is 5.52. The van der Waals surface area contributed by atoms with Crippen LogP contribution in [-0.4, -0.2) is 17.6 Å². The molecular weight excluding hydrogens is 215 g/mol. The Hall–Kier alpha value is 0.100. The van der Waals surface area contributed by atoms with Crippen LogP contribution in [-0.2, 0) is 4.79 Å². The molecule has 92 valence electrons. The van der Waals surface area contributed by atoms with Crippen molar-refractivity contribution in [3.63, 3.8) is 0 Å². The molecule has 0 bridgehead atoms. The Kier molecular flexibility index (Phi) is 5.29. The normalized spacial score (nSPS) is 25.2. The van der Waals surface area contributed by atoms with Crippen molar-refractivity contribution in [2.24, 2.45) is 5.92 Å². The molecule has 0 saturated heterocycles. The van der Waals surface area contributed by atoms with Gasteiger partial charge >= 0.3 is 0 Å². The standard InChI is InChI=1S/C14H25OP/c15-14(12-7-3-1-4-8-12)11-16-13-9-5-2-6-10-13/h12-13,16H,1-11H2. The van der Waals surface area contributed by atoms with Gasteiger partial charge in [-0.3, -0.25) is 4.79 Å². The van der Waals surface area contributed by atoms with E-state index in [9.17, 15) is 4.79 Å². The van der Waals surface area contributed by atoms with Gasteiger partial charge in [0.05, 0.1) is 0 Å². The van der Waals surface area contributed by atoms with Crippen LogP contribution >= 0.6 is 8.58 Å². The third-order valence-corrected chi connectivity index (χ3v) is 5.94. The van der Waals surface area contributed by atoms with E-state index in [0.29, 0.717) is 11.7 Å². The molecule has 0 heterocycles. The van der Waals surface area contributed by atoms with E-state index in [1.807, 2.05) is 0 Å². The summed E-state index contributed by atoms with van der Waals surface area (Å²) in [6.45, 7) is 0. The van der Waals surface area contributed by atoms with Crippen molar-refractivity contribution in [2.45, 2.75) is 69.9 Å². The number of rotatable bonds is 4. The number of carbonyl (C=O) groups excluding carboxylic acids is 1. The van der Waals surface area contributed by atoms with Gasteiger partial charge in [-0.05, 0) is 31.3 Å². The number of carbonyl (C=O) groups is 1. The fourth-order valence-electron chi connectivity index (χ4n) is 3.12. The minimum atomic E-state index is 0.449. The molecule has 2 aliphatic rings. The second kappa shape index (κ2) is 6.74. The number of Topliss-reactive ketones (excluding diaryl/α,β-unsaturated/α-hetero) is 1. The highest BCUT2D eigenvalue weighted by Crippen LogP contribution is 2.34. The lowest BCUT2D eigenvalue weighted by molar-refractivity contribution is -0.121. The van der Waals surface area contributed by atoms with Crippen molar-refractivity contribution < 1.29 is 4.79 Å². The molecule has 2 aliphatic carbocycles. The quantitative estimate of drug-likeness (QED) is 0.675. The van der Waals surface area contributed by atoms with Crippen LogP contribution in [0.15, 0.2) is 0 Å². The van der Waals surface area contributed by atoms with Crippen LogP contribution in [0.25, 0.3) is 0 Å². The van der Waals surface area contributed by atoms with E-state index in [1.165, 1.54) is 64.2 Å². The SMILES string of the molecule is O=C(CPC1CCCCC1)C1CCCCC1. The number of ketones is 1. The molecule has 0 aromatic heterocycles. The Bertz CT molecular complexity index is 215. The largest absolute Gasteiger partial charge is 0.299 e. The molecule has 16 heavy (non-hydrogen) atoms. The van der Waals surface area contributed by atoms with Crippen LogP contribution in [0.3, 0.4) is 0 Å².